The van der Waals surface area contributed by atoms with Crippen molar-refractivity contribution in [2.45, 2.75) is 20.4 Å². The van der Waals surface area contributed by atoms with Crippen LogP contribution in [0.4, 0.5) is 0 Å². The second-order valence-corrected chi connectivity index (χ2v) is 6.19. The van der Waals surface area contributed by atoms with Gasteiger partial charge in [-0.25, -0.2) is 4.98 Å². The molecular formula is C21H20N4O. The SMILES string of the molecule is CCOc1ccc2ccc(-c3cnnc(Cn4ccnc4C)c3)cc2c1. The average Bonchev–Trinajstić information content (AvgIpc) is 3.06. The van der Waals surface area contributed by atoms with Crippen LogP contribution in [0.3, 0.4) is 0 Å². The molecule has 0 spiro atoms. The van der Waals surface area contributed by atoms with E-state index in [4.69, 9.17) is 4.74 Å². The van der Waals surface area contributed by atoms with E-state index < -0.39 is 0 Å². The Bertz CT molecular complexity index is 1050. The van der Waals surface area contributed by atoms with Crippen molar-refractivity contribution in [3.63, 3.8) is 0 Å². The minimum Gasteiger partial charge on any atom is -0.494 e. The van der Waals surface area contributed by atoms with Gasteiger partial charge in [0.2, 0.25) is 0 Å². The van der Waals surface area contributed by atoms with Crippen LogP contribution in [-0.4, -0.2) is 26.4 Å². The molecule has 2 heterocycles. The summed E-state index contributed by atoms with van der Waals surface area (Å²) in [5.74, 6) is 1.85. The minimum atomic E-state index is 0.661. The number of hydrogen-bond donors (Lipinski definition) is 0. The summed E-state index contributed by atoms with van der Waals surface area (Å²) in [7, 11) is 0. The van der Waals surface area contributed by atoms with Gasteiger partial charge in [-0.3, -0.25) is 0 Å². The molecular weight excluding hydrogens is 324 g/mol. The Hall–Kier alpha value is -3.21. The van der Waals surface area contributed by atoms with E-state index in [0.29, 0.717) is 13.2 Å². The lowest BCUT2D eigenvalue weighted by Gasteiger charge is -2.08. The number of aryl methyl sites for hydroxylation is 1. The summed E-state index contributed by atoms with van der Waals surface area (Å²) in [5, 5.41) is 10.8. The number of rotatable bonds is 5. The summed E-state index contributed by atoms with van der Waals surface area (Å²) in [6.07, 6.45) is 5.55. The van der Waals surface area contributed by atoms with Gasteiger partial charge in [0, 0.05) is 18.0 Å². The molecule has 0 saturated carbocycles. The monoisotopic (exact) mass is 344 g/mol. The molecule has 0 saturated heterocycles. The molecule has 130 valence electrons. The summed E-state index contributed by atoms with van der Waals surface area (Å²) in [6.45, 7) is 5.30. The van der Waals surface area contributed by atoms with Crippen LogP contribution in [0.1, 0.15) is 18.4 Å². The highest BCUT2D eigenvalue weighted by Crippen LogP contribution is 2.27. The van der Waals surface area contributed by atoms with Crippen molar-refractivity contribution in [2.24, 2.45) is 0 Å². The van der Waals surface area contributed by atoms with Crippen LogP contribution in [-0.2, 0) is 6.54 Å². The molecule has 5 nitrogen and oxygen atoms in total. The van der Waals surface area contributed by atoms with Crippen LogP contribution < -0.4 is 4.74 Å². The maximum atomic E-state index is 5.62. The number of fused-ring (bicyclic) bond motifs is 1. The van der Waals surface area contributed by atoms with Crippen LogP contribution in [0.2, 0.25) is 0 Å². The van der Waals surface area contributed by atoms with Gasteiger partial charge in [0.15, 0.2) is 0 Å². The molecule has 0 amide bonds. The smallest absolute Gasteiger partial charge is 0.119 e. The molecule has 5 heteroatoms. The zero-order valence-electron chi connectivity index (χ0n) is 14.9. The molecule has 0 N–H and O–H groups in total. The second-order valence-electron chi connectivity index (χ2n) is 6.19. The Morgan fingerprint density at radius 2 is 1.88 bits per heavy atom. The first-order valence-corrected chi connectivity index (χ1v) is 8.69. The van der Waals surface area contributed by atoms with E-state index in [-0.39, 0.29) is 0 Å². The predicted molar refractivity (Wildman–Crippen MR) is 102 cm³/mol. The number of hydrogen-bond acceptors (Lipinski definition) is 4. The highest BCUT2D eigenvalue weighted by Gasteiger charge is 2.06. The first-order chi connectivity index (χ1) is 12.7. The zero-order chi connectivity index (χ0) is 17.9. The van der Waals surface area contributed by atoms with E-state index in [1.165, 1.54) is 5.39 Å². The molecule has 4 aromatic rings. The van der Waals surface area contributed by atoms with Crippen LogP contribution >= 0.6 is 0 Å². The van der Waals surface area contributed by atoms with E-state index in [1.54, 1.807) is 12.4 Å². The fourth-order valence-electron chi connectivity index (χ4n) is 3.05. The van der Waals surface area contributed by atoms with Crippen LogP contribution in [0.15, 0.2) is 61.1 Å². The molecule has 2 aromatic carbocycles. The van der Waals surface area contributed by atoms with Gasteiger partial charge < -0.3 is 9.30 Å². The normalized spacial score (nSPS) is 11.0. The molecule has 0 bridgehead atoms. The third-order valence-corrected chi connectivity index (χ3v) is 4.42. The third-order valence-electron chi connectivity index (χ3n) is 4.42. The minimum absolute atomic E-state index is 0.661. The van der Waals surface area contributed by atoms with Gasteiger partial charge in [-0.05, 0) is 54.4 Å². The fraction of sp³-hybridized carbons (Fsp3) is 0.190. The molecule has 0 aliphatic carbocycles. The Balaban J connectivity index is 1.68. The van der Waals surface area contributed by atoms with E-state index in [2.05, 4.69) is 56.1 Å². The van der Waals surface area contributed by atoms with Crippen molar-refractivity contribution >= 4 is 10.8 Å². The molecule has 0 fully saturated rings. The van der Waals surface area contributed by atoms with Gasteiger partial charge in [-0.1, -0.05) is 18.2 Å². The highest BCUT2D eigenvalue weighted by molar-refractivity contribution is 5.88. The first kappa shape index (κ1) is 16.3. The third kappa shape index (κ3) is 3.28. The Labute approximate surface area is 152 Å². The maximum Gasteiger partial charge on any atom is 0.119 e. The van der Waals surface area contributed by atoms with E-state index in [0.717, 1.165) is 33.8 Å². The number of aromatic nitrogens is 4. The maximum absolute atomic E-state index is 5.62. The van der Waals surface area contributed by atoms with E-state index >= 15 is 0 Å². The predicted octanol–water partition coefficient (Wildman–Crippen LogP) is 4.25. The molecule has 0 aliphatic heterocycles. The molecule has 26 heavy (non-hydrogen) atoms. The van der Waals surface area contributed by atoms with Gasteiger partial charge >= 0.3 is 0 Å². The van der Waals surface area contributed by atoms with Gasteiger partial charge in [0.25, 0.3) is 0 Å². The molecule has 2 aromatic heterocycles. The quantitative estimate of drug-likeness (QED) is 0.543. The van der Waals surface area contributed by atoms with Gasteiger partial charge in [0.1, 0.15) is 11.6 Å². The molecule has 0 radical (unpaired) electrons. The second kappa shape index (κ2) is 6.96. The first-order valence-electron chi connectivity index (χ1n) is 8.69. The molecule has 0 unspecified atom stereocenters. The Morgan fingerprint density at radius 1 is 1.00 bits per heavy atom. The van der Waals surface area contributed by atoms with Gasteiger partial charge in [-0.15, -0.1) is 0 Å². The van der Waals surface area contributed by atoms with Crippen LogP contribution in [0, 0.1) is 6.92 Å². The number of ether oxygens (including phenoxy) is 1. The molecule has 0 atom stereocenters. The van der Waals surface area contributed by atoms with Crippen molar-refractivity contribution in [1.82, 2.24) is 19.7 Å². The summed E-state index contributed by atoms with van der Waals surface area (Å²) >= 11 is 0. The average molecular weight is 344 g/mol. The Morgan fingerprint density at radius 3 is 2.69 bits per heavy atom. The number of benzene rings is 2. The van der Waals surface area contributed by atoms with Crippen LogP contribution in [0.25, 0.3) is 21.9 Å². The highest BCUT2D eigenvalue weighted by atomic mass is 16.5. The van der Waals surface area contributed by atoms with Crippen molar-refractivity contribution in [2.75, 3.05) is 6.61 Å². The summed E-state index contributed by atoms with van der Waals surface area (Å²) in [5.41, 5.74) is 3.08. The topological polar surface area (TPSA) is 52.8 Å². The van der Waals surface area contributed by atoms with Crippen molar-refractivity contribution < 1.29 is 4.74 Å². The fourth-order valence-corrected chi connectivity index (χ4v) is 3.05. The summed E-state index contributed by atoms with van der Waals surface area (Å²) < 4.78 is 7.68. The largest absolute Gasteiger partial charge is 0.494 e. The van der Waals surface area contributed by atoms with Crippen molar-refractivity contribution in [3.8, 4) is 16.9 Å². The lowest BCUT2D eigenvalue weighted by molar-refractivity contribution is 0.341. The van der Waals surface area contributed by atoms with E-state index in [1.807, 2.05) is 26.1 Å². The van der Waals surface area contributed by atoms with E-state index in [9.17, 15) is 0 Å². The number of nitrogens with zero attached hydrogens (tertiary/aromatic N) is 4. The Kier molecular flexibility index (Phi) is 4.35. The molecule has 0 aliphatic rings. The lowest BCUT2D eigenvalue weighted by atomic mass is 10.0. The summed E-state index contributed by atoms with van der Waals surface area (Å²) in [4.78, 5) is 4.25. The standard InChI is InChI=1S/C21H20N4O/c1-3-26-21-7-6-16-4-5-17(10-18(16)12-21)19-11-20(24-23-13-19)14-25-9-8-22-15(25)2/h4-13H,3,14H2,1-2H3. The zero-order valence-corrected chi connectivity index (χ0v) is 14.9. The summed E-state index contributed by atoms with van der Waals surface area (Å²) in [6, 6.07) is 14.7. The van der Waals surface area contributed by atoms with Crippen molar-refractivity contribution in [1.29, 1.82) is 0 Å². The van der Waals surface area contributed by atoms with Crippen molar-refractivity contribution in [3.05, 3.63) is 72.6 Å². The lowest BCUT2D eigenvalue weighted by Crippen LogP contribution is -2.04. The van der Waals surface area contributed by atoms with Gasteiger partial charge in [-0.2, -0.15) is 10.2 Å². The van der Waals surface area contributed by atoms with Crippen LogP contribution in [0.5, 0.6) is 5.75 Å². The molecule has 4 rings (SSSR count). The number of imidazole rings is 1. The van der Waals surface area contributed by atoms with Gasteiger partial charge in [0.05, 0.1) is 25.0 Å².